The molecule has 0 bridgehead atoms. The first-order chi connectivity index (χ1) is 8.52. The Hall–Kier alpha value is -1.11. The minimum absolute atomic E-state index is 0.224. The van der Waals surface area contributed by atoms with Crippen molar-refractivity contribution in [2.24, 2.45) is 0 Å². The van der Waals surface area contributed by atoms with Crippen molar-refractivity contribution in [1.29, 1.82) is 0 Å². The first-order valence-corrected chi connectivity index (χ1v) is 6.25. The Morgan fingerprint density at radius 2 is 2.28 bits per heavy atom. The van der Waals surface area contributed by atoms with Crippen LogP contribution in [0.25, 0.3) is 0 Å². The van der Waals surface area contributed by atoms with Crippen LogP contribution in [0.3, 0.4) is 0 Å². The Labute approximate surface area is 114 Å². The fourth-order valence-corrected chi connectivity index (χ4v) is 1.94. The number of carboxylic acids is 1. The summed E-state index contributed by atoms with van der Waals surface area (Å²) in [5.41, 5.74) is 0.939. The van der Waals surface area contributed by atoms with Crippen LogP contribution in [0.4, 0.5) is 0 Å². The van der Waals surface area contributed by atoms with E-state index < -0.39 is 12.1 Å². The minimum Gasteiger partial charge on any atom is -0.496 e. The summed E-state index contributed by atoms with van der Waals surface area (Å²) in [5.74, 6) is -0.261. The number of nitrogens with one attached hydrogen (secondary N) is 1. The van der Waals surface area contributed by atoms with E-state index in [0.29, 0.717) is 6.54 Å². The molecule has 100 valence electrons. The molecule has 0 aromatic heterocycles. The molecule has 0 aliphatic carbocycles. The largest absolute Gasteiger partial charge is 0.496 e. The number of aliphatic hydroxyl groups is 1. The quantitative estimate of drug-likeness (QED) is 0.708. The Morgan fingerprint density at radius 1 is 1.56 bits per heavy atom. The molecule has 6 heteroatoms. The lowest BCUT2D eigenvalue weighted by Crippen LogP contribution is -2.28. The van der Waals surface area contributed by atoms with E-state index in [0.717, 1.165) is 15.8 Å². The molecular formula is C12H16BrNO4. The van der Waals surface area contributed by atoms with Gasteiger partial charge in [0.05, 0.1) is 19.6 Å². The van der Waals surface area contributed by atoms with Crippen molar-refractivity contribution in [1.82, 2.24) is 5.32 Å². The average Bonchev–Trinajstić information content (AvgIpc) is 2.28. The van der Waals surface area contributed by atoms with Crippen LogP contribution in [0.15, 0.2) is 22.7 Å². The van der Waals surface area contributed by atoms with E-state index >= 15 is 0 Å². The number of benzene rings is 1. The molecule has 0 aliphatic rings. The van der Waals surface area contributed by atoms with E-state index in [1.165, 1.54) is 0 Å². The SMILES string of the molecule is COc1ccc(Br)cc1CNCC(O)CC(=O)O. The predicted molar refractivity (Wildman–Crippen MR) is 70.7 cm³/mol. The molecule has 0 spiro atoms. The van der Waals surface area contributed by atoms with Crippen molar-refractivity contribution in [3.63, 3.8) is 0 Å². The number of halogens is 1. The fourth-order valence-electron chi connectivity index (χ4n) is 1.53. The fraction of sp³-hybridized carbons (Fsp3) is 0.417. The molecule has 0 heterocycles. The van der Waals surface area contributed by atoms with Gasteiger partial charge in [-0.1, -0.05) is 15.9 Å². The van der Waals surface area contributed by atoms with Gasteiger partial charge in [0.2, 0.25) is 0 Å². The maximum atomic E-state index is 10.4. The predicted octanol–water partition coefficient (Wildman–Crippen LogP) is 1.38. The monoisotopic (exact) mass is 317 g/mol. The second kappa shape index (κ2) is 7.35. The highest BCUT2D eigenvalue weighted by Crippen LogP contribution is 2.22. The first-order valence-electron chi connectivity index (χ1n) is 5.46. The smallest absolute Gasteiger partial charge is 0.306 e. The van der Waals surface area contributed by atoms with Gasteiger partial charge in [0, 0.05) is 23.1 Å². The molecule has 1 aromatic rings. The number of carbonyl (C=O) groups is 1. The number of aliphatic hydroxyl groups excluding tert-OH is 1. The maximum Gasteiger partial charge on any atom is 0.306 e. The number of ether oxygens (including phenoxy) is 1. The maximum absolute atomic E-state index is 10.4. The van der Waals surface area contributed by atoms with Crippen LogP contribution in [0.1, 0.15) is 12.0 Å². The Balaban J connectivity index is 2.48. The molecule has 5 nitrogen and oxygen atoms in total. The molecule has 1 unspecified atom stereocenters. The summed E-state index contributed by atoms with van der Waals surface area (Å²) in [6, 6.07) is 5.63. The summed E-state index contributed by atoms with van der Waals surface area (Å²) in [7, 11) is 1.59. The van der Waals surface area contributed by atoms with Crippen molar-refractivity contribution >= 4 is 21.9 Å². The third-order valence-electron chi connectivity index (χ3n) is 2.35. The molecule has 0 aliphatic heterocycles. The van der Waals surface area contributed by atoms with Gasteiger partial charge in [0.25, 0.3) is 0 Å². The van der Waals surface area contributed by atoms with Crippen LogP contribution in [-0.2, 0) is 11.3 Å². The zero-order chi connectivity index (χ0) is 13.5. The Kier molecular flexibility index (Phi) is 6.11. The van der Waals surface area contributed by atoms with Gasteiger partial charge in [-0.25, -0.2) is 0 Å². The topological polar surface area (TPSA) is 78.8 Å². The second-order valence-corrected chi connectivity index (χ2v) is 4.75. The van der Waals surface area contributed by atoms with Gasteiger partial charge >= 0.3 is 5.97 Å². The Bertz CT molecular complexity index is 411. The summed E-state index contributed by atoms with van der Waals surface area (Å²) in [5, 5.41) is 20.9. The zero-order valence-corrected chi connectivity index (χ0v) is 11.6. The number of aliphatic carboxylic acids is 1. The van der Waals surface area contributed by atoms with Crippen molar-refractivity contribution in [3.8, 4) is 5.75 Å². The first kappa shape index (κ1) is 14.9. The van der Waals surface area contributed by atoms with Gasteiger partial charge in [-0.05, 0) is 18.2 Å². The highest BCUT2D eigenvalue weighted by Gasteiger charge is 2.09. The molecule has 0 fully saturated rings. The van der Waals surface area contributed by atoms with E-state index in [1.807, 2.05) is 18.2 Å². The molecule has 0 saturated heterocycles. The minimum atomic E-state index is -1.01. The lowest BCUT2D eigenvalue weighted by molar-refractivity contribution is -0.139. The van der Waals surface area contributed by atoms with Crippen LogP contribution in [0.2, 0.25) is 0 Å². The molecule has 0 amide bonds. The van der Waals surface area contributed by atoms with Gasteiger partial charge < -0.3 is 20.3 Å². The van der Waals surface area contributed by atoms with E-state index in [4.69, 9.17) is 9.84 Å². The van der Waals surface area contributed by atoms with Crippen molar-refractivity contribution in [2.75, 3.05) is 13.7 Å². The summed E-state index contributed by atoms with van der Waals surface area (Å²) in [4.78, 5) is 10.4. The standard InChI is InChI=1S/C12H16BrNO4/c1-18-11-3-2-9(13)4-8(11)6-14-7-10(15)5-12(16)17/h2-4,10,14-15H,5-7H2,1H3,(H,16,17). The van der Waals surface area contributed by atoms with Crippen molar-refractivity contribution in [2.45, 2.75) is 19.1 Å². The van der Waals surface area contributed by atoms with Gasteiger partial charge in [0.1, 0.15) is 5.75 Å². The molecule has 1 rings (SSSR count). The van der Waals surface area contributed by atoms with E-state index in [-0.39, 0.29) is 13.0 Å². The number of hydrogen-bond acceptors (Lipinski definition) is 4. The van der Waals surface area contributed by atoms with Crippen LogP contribution in [0, 0.1) is 0 Å². The van der Waals surface area contributed by atoms with Gasteiger partial charge in [0.15, 0.2) is 0 Å². The second-order valence-electron chi connectivity index (χ2n) is 3.84. The molecule has 0 radical (unpaired) electrons. The van der Waals surface area contributed by atoms with E-state index in [2.05, 4.69) is 21.2 Å². The summed E-state index contributed by atoms with van der Waals surface area (Å²) >= 11 is 3.37. The van der Waals surface area contributed by atoms with E-state index in [1.54, 1.807) is 7.11 Å². The zero-order valence-electron chi connectivity index (χ0n) is 10.0. The van der Waals surface area contributed by atoms with Gasteiger partial charge in [-0.3, -0.25) is 4.79 Å². The van der Waals surface area contributed by atoms with Crippen LogP contribution in [-0.4, -0.2) is 35.9 Å². The molecule has 18 heavy (non-hydrogen) atoms. The highest BCUT2D eigenvalue weighted by atomic mass is 79.9. The average molecular weight is 318 g/mol. The molecular weight excluding hydrogens is 302 g/mol. The molecule has 1 aromatic carbocycles. The van der Waals surface area contributed by atoms with Crippen molar-refractivity contribution in [3.05, 3.63) is 28.2 Å². The number of methoxy groups -OCH3 is 1. The van der Waals surface area contributed by atoms with Crippen LogP contribution < -0.4 is 10.1 Å². The van der Waals surface area contributed by atoms with Crippen molar-refractivity contribution < 1.29 is 19.7 Å². The van der Waals surface area contributed by atoms with E-state index in [9.17, 15) is 9.90 Å². The molecule has 1 atom stereocenters. The lowest BCUT2D eigenvalue weighted by atomic mass is 10.2. The third kappa shape index (κ3) is 5.03. The lowest BCUT2D eigenvalue weighted by Gasteiger charge is -2.12. The molecule has 3 N–H and O–H groups in total. The van der Waals surface area contributed by atoms with Crippen LogP contribution >= 0.6 is 15.9 Å². The number of carboxylic acid groups (broad SMARTS) is 1. The third-order valence-corrected chi connectivity index (χ3v) is 2.84. The Morgan fingerprint density at radius 3 is 2.89 bits per heavy atom. The summed E-state index contributed by atoms with van der Waals surface area (Å²) in [6.07, 6.45) is -1.15. The summed E-state index contributed by atoms with van der Waals surface area (Å²) in [6.45, 7) is 0.723. The van der Waals surface area contributed by atoms with Crippen LogP contribution in [0.5, 0.6) is 5.75 Å². The number of hydrogen-bond donors (Lipinski definition) is 3. The number of rotatable bonds is 7. The highest BCUT2D eigenvalue weighted by molar-refractivity contribution is 9.10. The van der Waals surface area contributed by atoms with Gasteiger partial charge in [-0.15, -0.1) is 0 Å². The molecule has 0 saturated carbocycles. The normalized spacial score (nSPS) is 12.2. The van der Waals surface area contributed by atoms with Gasteiger partial charge in [-0.2, -0.15) is 0 Å². The summed E-state index contributed by atoms with van der Waals surface area (Å²) < 4.78 is 6.14.